The number of fused-ring (bicyclic) bond motifs is 1. The van der Waals surface area contributed by atoms with Crippen molar-refractivity contribution in [1.29, 1.82) is 0 Å². The summed E-state index contributed by atoms with van der Waals surface area (Å²) in [6.07, 6.45) is 3.06. The molecular weight excluding hydrogens is 422 g/mol. The average Bonchev–Trinajstić information content (AvgIpc) is 3.37. The summed E-state index contributed by atoms with van der Waals surface area (Å²) in [6, 6.07) is 8.66. The molecule has 3 heterocycles. The Labute approximate surface area is 179 Å². The van der Waals surface area contributed by atoms with E-state index in [-0.39, 0.29) is 23.4 Å². The van der Waals surface area contributed by atoms with Gasteiger partial charge in [0.15, 0.2) is 4.80 Å². The van der Waals surface area contributed by atoms with E-state index in [0.717, 1.165) is 11.3 Å². The number of carbonyl (C=O) groups is 1. The first kappa shape index (κ1) is 20.5. The fraction of sp³-hybridized carbons (Fsp3) is 0.190. The van der Waals surface area contributed by atoms with E-state index in [1.807, 2.05) is 0 Å². The topological polar surface area (TPSA) is 117 Å². The predicted octanol–water partition coefficient (Wildman–Crippen LogP) is 2.41. The maximum Gasteiger partial charge on any atom is 0.338 e. The zero-order valence-corrected chi connectivity index (χ0v) is 17.4. The van der Waals surface area contributed by atoms with E-state index in [1.54, 1.807) is 44.2 Å². The molecule has 1 aromatic carbocycles. The fourth-order valence-corrected chi connectivity index (χ4v) is 4.39. The number of ether oxygens (including phenoxy) is 1. The Morgan fingerprint density at radius 2 is 2.19 bits per heavy atom. The number of benzene rings is 1. The highest BCUT2D eigenvalue weighted by molar-refractivity contribution is 7.07. The second-order valence-corrected chi connectivity index (χ2v) is 7.66. The molecule has 0 bridgehead atoms. The van der Waals surface area contributed by atoms with Gasteiger partial charge in [-0.2, -0.15) is 0 Å². The van der Waals surface area contributed by atoms with Crippen molar-refractivity contribution < 1.29 is 18.9 Å². The summed E-state index contributed by atoms with van der Waals surface area (Å²) in [4.78, 5) is 41.3. The molecule has 2 aromatic heterocycles. The Bertz CT molecular complexity index is 1380. The molecule has 4 rings (SSSR count). The van der Waals surface area contributed by atoms with Gasteiger partial charge < -0.3 is 9.15 Å². The van der Waals surface area contributed by atoms with E-state index in [4.69, 9.17) is 9.15 Å². The molecular formula is C21H17N3O6S. The van der Waals surface area contributed by atoms with Crippen molar-refractivity contribution >= 4 is 34.8 Å². The third kappa shape index (κ3) is 3.73. The van der Waals surface area contributed by atoms with Crippen LogP contribution in [0.2, 0.25) is 0 Å². The molecule has 0 amide bonds. The van der Waals surface area contributed by atoms with Crippen LogP contribution in [0, 0.1) is 10.1 Å². The van der Waals surface area contributed by atoms with E-state index in [9.17, 15) is 19.7 Å². The SMILES string of the molecule is CCOC(=O)C1=C(C)n2c(s/c(=C\c3cccc([N+](=O)[O-])c3)c2=O)=N[C@H]1c1ccco1. The summed E-state index contributed by atoms with van der Waals surface area (Å²) in [5.74, 6) is -0.114. The van der Waals surface area contributed by atoms with Gasteiger partial charge in [0.2, 0.25) is 0 Å². The number of carbonyl (C=O) groups excluding carboxylic acids is 1. The van der Waals surface area contributed by atoms with Crippen molar-refractivity contribution in [1.82, 2.24) is 4.57 Å². The molecule has 0 spiro atoms. The minimum absolute atomic E-state index is 0.0709. The van der Waals surface area contributed by atoms with Gasteiger partial charge in [-0.15, -0.1) is 0 Å². The van der Waals surface area contributed by atoms with Gasteiger partial charge in [-0.3, -0.25) is 19.5 Å². The first-order valence-corrected chi connectivity index (χ1v) is 10.2. The van der Waals surface area contributed by atoms with Crippen molar-refractivity contribution in [3.63, 3.8) is 0 Å². The predicted molar refractivity (Wildman–Crippen MR) is 113 cm³/mol. The van der Waals surface area contributed by atoms with Gasteiger partial charge in [-0.25, -0.2) is 9.79 Å². The van der Waals surface area contributed by atoms with E-state index >= 15 is 0 Å². The van der Waals surface area contributed by atoms with Crippen LogP contribution in [0.4, 0.5) is 5.69 Å². The van der Waals surface area contributed by atoms with Crippen molar-refractivity contribution in [2.75, 3.05) is 6.61 Å². The highest BCUT2D eigenvalue weighted by Crippen LogP contribution is 2.32. The van der Waals surface area contributed by atoms with Gasteiger partial charge in [-0.05, 0) is 37.6 Å². The van der Waals surface area contributed by atoms with Crippen LogP contribution < -0.4 is 14.9 Å². The standard InChI is InChI=1S/C21H17N3O6S/c1-3-29-20(26)17-12(2)23-19(25)16(11-13-6-4-7-14(10-13)24(27)28)31-21(23)22-18(17)15-8-5-9-30-15/h4-11,18H,3H2,1-2H3/b16-11-/t18-/m0/s1. The van der Waals surface area contributed by atoms with E-state index in [2.05, 4.69) is 4.99 Å². The molecule has 0 N–H and O–H groups in total. The summed E-state index contributed by atoms with van der Waals surface area (Å²) in [5, 5.41) is 11.0. The van der Waals surface area contributed by atoms with Gasteiger partial charge in [-0.1, -0.05) is 23.5 Å². The van der Waals surface area contributed by atoms with Crippen molar-refractivity contribution in [2.45, 2.75) is 19.9 Å². The summed E-state index contributed by atoms with van der Waals surface area (Å²) in [7, 11) is 0. The molecule has 0 fully saturated rings. The number of allylic oxidation sites excluding steroid dienone is 1. The minimum Gasteiger partial charge on any atom is -0.467 e. The molecule has 158 valence electrons. The minimum atomic E-state index is -0.738. The molecule has 0 saturated carbocycles. The van der Waals surface area contributed by atoms with Crippen LogP contribution >= 0.6 is 11.3 Å². The lowest BCUT2D eigenvalue weighted by Crippen LogP contribution is -2.35. The monoisotopic (exact) mass is 439 g/mol. The first-order valence-electron chi connectivity index (χ1n) is 9.38. The number of nitro benzene ring substituents is 1. The van der Waals surface area contributed by atoms with Crippen molar-refractivity contribution in [3.05, 3.63) is 89.4 Å². The number of nitrogens with zero attached hydrogens (tertiary/aromatic N) is 3. The molecule has 3 aromatic rings. The van der Waals surface area contributed by atoms with E-state index < -0.39 is 16.9 Å². The van der Waals surface area contributed by atoms with Gasteiger partial charge in [0.1, 0.15) is 11.8 Å². The molecule has 9 nitrogen and oxygen atoms in total. The Hall–Kier alpha value is -3.79. The lowest BCUT2D eigenvalue weighted by molar-refractivity contribution is -0.384. The van der Waals surface area contributed by atoms with Crippen LogP contribution in [-0.4, -0.2) is 22.1 Å². The van der Waals surface area contributed by atoms with Crippen molar-refractivity contribution in [3.8, 4) is 0 Å². The number of non-ortho nitro benzene ring substituents is 1. The number of thiazole rings is 1. The normalized spacial score (nSPS) is 16.1. The van der Waals surface area contributed by atoms with Crippen molar-refractivity contribution in [2.24, 2.45) is 4.99 Å². The van der Waals surface area contributed by atoms with Crippen LogP contribution in [0.1, 0.15) is 31.2 Å². The van der Waals surface area contributed by atoms with Crippen LogP contribution in [0.5, 0.6) is 0 Å². The molecule has 0 radical (unpaired) electrons. The summed E-state index contributed by atoms with van der Waals surface area (Å²) in [5.41, 5.74) is 0.710. The number of esters is 1. The lowest BCUT2D eigenvalue weighted by atomic mass is 10.0. The molecule has 1 aliphatic rings. The number of rotatable bonds is 5. The van der Waals surface area contributed by atoms with Crippen LogP contribution in [0.25, 0.3) is 11.8 Å². The average molecular weight is 439 g/mol. The van der Waals surface area contributed by atoms with Crippen LogP contribution in [0.3, 0.4) is 0 Å². The number of hydrogen-bond donors (Lipinski definition) is 0. The summed E-state index contributed by atoms with van der Waals surface area (Å²) < 4.78 is 12.4. The summed E-state index contributed by atoms with van der Waals surface area (Å²) >= 11 is 1.13. The highest BCUT2D eigenvalue weighted by atomic mass is 32.1. The molecule has 0 aliphatic carbocycles. The second-order valence-electron chi connectivity index (χ2n) is 6.65. The molecule has 31 heavy (non-hydrogen) atoms. The van der Waals surface area contributed by atoms with E-state index in [0.29, 0.717) is 26.4 Å². The molecule has 0 saturated heterocycles. The Kier molecular flexibility index (Phi) is 5.38. The first-order chi connectivity index (χ1) is 14.9. The fourth-order valence-electron chi connectivity index (χ4n) is 3.35. The quantitative estimate of drug-likeness (QED) is 0.342. The van der Waals surface area contributed by atoms with Gasteiger partial charge in [0.25, 0.3) is 11.2 Å². The molecule has 0 unspecified atom stereocenters. The highest BCUT2D eigenvalue weighted by Gasteiger charge is 2.32. The van der Waals surface area contributed by atoms with Crippen LogP contribution in [-0.2, 0) is 9.53 Å². The number of furan rings is 1. The molecule has 1 atom stereocenters. The number of hydrogen-bond acceptors (Lipinski definition) is 8. The van der Waals surface area contributed by atoms with Crippen LogP contribution in [0.15, 0.2) is 62.4 Å². The summed E-state index contributed by atoms with van der Waals surface area (Å²) in [6.45, 7) is 3.54. The third-order valence-corrected chi connectivity index (χ3v) is 5.71. The Balaban J connectivity index is 1.92. The maximum atomic E-state index is 13.1. The smallest absolute Gasteiger partial charge is 0.338 e. The Morgan fingerprint density at radius 3 is 2.87 bits per heavy atom. The Morgan fingerprint density at radius 1 is 1.39 bits per heavy atom. The maximum absolute atomic E-state index is 13.1. The lowest BCUT2D eigenvalue weighted by Gasteiger charge is -2.20. The zero-order valence-electron chi connectivity index (χ0n) is 16.6. The van der Waals surface area contributed by atoms with Gasteiger partial charge >= 0.3 is 5.97 Å². The van der Waals surface area contributed by atoms with E-state index in [1.165, 1.54) is 23.0 Å². The third-order valence-electron chi connectivity index (χ3n) is 4.73. The van der Waals surface area contributed by atoms with Gasteiger partial charge in [0.05, 0.1) is 27.9 Å². The van der Waals surface area contributed by atoms with Gasteiger partial charge in [0, 0.05) is 17.8 Å². The number of nitro groups is 1. The second kappa shape index (κ2) is 8.15. The molecule has 10 heteroatoms. The molecule has 1 aliphatic heterocycles. The largest absolute Gasteiger partial charge is 0.467 e. The number of aromatic nitrogens is 1. The zero-order chi connectivity index (χ0) is 22.1.